The number of nitrogens with zero attached hydrogens (tertiary/aromatic N) is 4. The van der Waals surface area contributed by atoms with E-state index in [4.69, 9.17) is 24.3 Å². The highest BCUT2D eigenvalue weighted by Gasteiger charge is 2.23. The second-order valence-electron chi connectivity index (χ2n) is 9.78. The number of imidazole rings is 1. The second kappa shape index (κ2) is 11.7. The number of benzene rings is 2. The third kappa shape index (κ3) is 5.99. The summed E-state index contributed by atoms with van der Waals surface area (Å²) in [5.41, 5.74) is 3.60. The zero-order valence-corrected chi connectivity index (χ0v) is 22.2. The lowest BCUT2D eigenvalue weighted by Crippen LogP contribution is -2.28. The minimum Gasteiger partial charge on any atom is -0.491 e. The zero-order valence-electron chi connectivity index (χ0n) is 22.2. The number of carbonyl (C=O) groups excluding carboxylic acids is 1. The molecule has 2 aromatic heterocycles. The van der Waals surface area contributed by atoms with Crippen molar-refractivity contribution in [3.63, 3.8) is 0 Å². The first-order valence-electron chi connectivity index (χ1n) is 13.2. The molecular weight excluding hydrogens is 482 g/mol. The predicted molar refractivity (Wildman–Crippen MR) is 145 cm³/mol. The monoisotopic (exact) mass is 517 g/mol. The fourth-order valence-corrected chi connectivity index (χ4v) is 4.63. The second-order valence-corrected chi connectivity index (χ2v) is 9.78. The maximum absolute atomic E-state index is 12.0. The molecule has 0 saturated carbocycles. The Bertz CT molecular complexity index is 1360. The third-order valence-corrected chi connectivity index (χ3v) is 6.83. The Hall–Kier alpha value is -3.85. The van der Waals surface area contributed by atoms with E-state index < -0.39 is 6.09 Å². The van der Waals surface area contributed by atoms with Gasteiger partial charge in [-0.2, -0.15) is 5.10 Å². The molecule has 2 atom stereocenters. The Morgan fingerprint density at radius 2 is 2.05 bits per heavy atom. The topological polar surface area (TPSA) is 92.4 Å². The summed E-state index contributed by atoms with van der Waals surface area (Å²) in [6.07, 6.45) is 5.15. The minimum atomic E-state index is -0.435. The van der Waals surface area contributed by atoms with Crippen LogP contribution < -0.4 is 10.1 Å². The van der Waals surface area contributed by atoms with Gasteiger partial charge in [0, 0.05) is 38.2 Å². The molecule has 1 N–H and O–H groups in total. The van der Waals surface area contributed by atoms with Crippen LogP contribution in [0.2, 0.25) is 0 Å². The van der Waals surface area contributed by atoms with Crippen LogP contribution in [0.25, 0.3) is 22.3 Å². The van der Waals surface area contributed by atoms with Crippen LogP contribution in [0.3, 0.4) is 0 Å². The van der Waals surface area contributed by atoms with Crippen molar-refractivity contribution in [2.75, 3.05) is 13.2 Å². The van der Waals surface area contributed by atoms with Gasteiger partial charge in [0.2, 0.25) is 0 Å². The first-order chi connectivity index (χ1) is 18.5. The van der Waals surface area contributed by atoms with Crippen molar-refractivity contribution in [3.8, 4) is 17.1 Å². The van der Waals surface area contributed by atoms with Gasteiger partial charge in [0.1, 0.15) is 29.6 Å². The molecule has 2 unspecified atom stereocenters. The molecule has 1 aliphatic heterocycles. The van der Waals surface area contributed by atoms with E-state index in [1.54, 1.807) is 0 Å². The Kier molecular flexibility index (Phi) is 7.93. The number of carbonyl (C=O) groups is 1. The minimum absolute atomic E-state index is 0.0803. The van der Waals surface area contributed by atoms with Gasteiger partial charge in [-0.15, -0.1) is 0 Å². The van der Waals surface area contributed by atoms with Crippen LogP contribution in [-0.2, 0) is 23.1 Å². The van der Waals surface area contributed by atoms with Crippen molar-refractivity contribution < 1.29 is 19.0 Å². The molecule has 9 nitrogen and oxygen atoms in total. The van der Waals surface area contributed by atoms with Crippen LogP contribution in [0.5, 0.6) is 5.75 Å². The fourth-order valence-electron chi connectivity index (χ4n) is 4.63. The summed E-state index contributed by atoms with van der Waals surface area (Å²) in [7, 11) is 1.98. The molecule has 1 amide bonds. The van der Waals surface area contributed by atoms with E-state index in [1.807, 2.05) is 84.9 Å². The molecule has 0 radical (unpaired) electrons. The lowest BCUT2D eigenvalue weighted by atomic mass is 10.1. The summed E-state index contributed by atoms with van der Waals surface area (Å²) in [6, 6.07) is 15.7. The average Bonchev–Trinajstić information content (AvgIpc) is 3.47. The maximum Gasteiger partial charge on any atom is 0.407 e. The summed E-state index contributed by atoms with van der Waals surface area (Å²) in [5.74, 6) is 1.67. The molecule has 38 heavy (non-hydrogen) atoms. The SMILES string of the molecule is Cc1nc(-c2nn(C3CCCCO3)c3ccc(OC(C)CCNC(=O)OCc4ccccc4)cc23)cn1C. The van der Waals surface area contributed by atoms with E-state index in [-0.39, 0.29) is 18.9 Å². The Balaban J connectivity index is 1.25. The van der Waals surface area contributed by atoms with Gasteiger partial charge >= 0.3 is 6.09 Å². The summed E-state index contributed by atoms with van der Waals surface area (Å²) >= 11 is 0. The van der Waals surface area contributed by atoms with Crippen LogP contribution in [0, 0.1) is 6.92 Å². The number of amides is 1. The van der Waals surface area contributed by atoms with E-state index in [2.05, 4.69) is 5.32 Å². The molecule has 200 valence electrons. The molecule has 2 aromatic carbocycles. The van der Waals surface area contributed by atoms with Gasteiger partial charge in [-0.1, -0.05) is 30.3 Å². The number of ether oxygens (including phenoxy) is 3. The number of hydrogen-bond acceptors (Lipinski definition) is 6. The van der Waals surface area contributed by atoms with Gasteiger partial charge in [-0.05, 0) is 56.9 Å². The van der Waals surface area contributed by atoms with Gasteiger partial charge in [-0.3, -0.25) is 0 Å². The summed E-state index contributed by atoms with van der Waals surface area (Å²) in [6.45, 7) is 5.41. The van der Waals surface area contributed by atoms with Crippen LogP contribution in [-0.4, -0.2) is 44.7 Å². The van der Waals surface area contributed by atoms with E-state index in [0.29, 0.717) is 13.0 Å². The Labute approximate surface area is 222 Å². The maximum atomic E-state index is 12.0. The van der Waals surface area contributed by atoms with Crippen molar-refractivity contribution in [1.82, 2.24) is 24.6 Å². The molecule has 1 aliphatic rings. The molecular formula is C29H35N5O4. The summed E-state index contributed by atoms with van der Waals surface area (Å²) < 4.78 is 21.5. The standard InChI is InChI=1S/C29H35N5O4/c1-20(14-15-30-29(35)37-19-22-9-5-4-6-10-22)38-23-12-13-26-24(17-23)28(25-18-33(3)21(2)31-25)32-34(26)27-11-7-8-16-36-27/h4-6,9-10,12-13,17-18,20,27H,7-8,11,14-16,19H2,1-3H3,(H,30,35). The predicted octanol–water partition coefficient (Wildman–Crippen LogP) is 5.53. The van der Waals surface area contributed by atoms with E-state index in [1.165, 1.54) is 0 Å². The molecule has 4 aromatic rings. The largest absolute Gasteiger partial charge is 0.491 e. The first kappa shape index (κ1) is 25.8. The average molecular weight is 518 g/mol. The Morgan fingerprint density at radius 1 is 1.21 bits per heavy atom. The van der Waals surface area contributed by atoms with Crippen molar-refractivity contribution in [2.24, 2.45) is 7.05 Å². The molecule has 0 aliphatic carbocycles. The van der Waals surface area contributed by atoms with Crippen molar-refractivity contribution >= 4 is 17.0 Å². The van der Waals surface area contributed by atoms with E-state index in [9.17, 15) is 4.79 Å². The van der Waals surface area contributed by atoms with Crippen molar-refractivity contribution in [2.45, 2.75) is 58.5 Å². The molecule has 3 heterocycles. The molecule has 1 saturated heterocycles. The molecule has 1 fully saturated rings. The van der Waals surface area contributed by atoms with Crippen LogP contribution in [0.1, 0.15) is 50.2 Å². The number of hydrogen-bond donors (Lipinski definition) is 1. The summed E-state index contributed by atoms with van der Waals surface area (Å²) in [5, 5.41) is 8.74. The highest BCUT2D eigenvalue weighted by atomic mass is 16.5. The highest BCUT2D eigenvalue weighted by molar-refractivity contribution is 5.93. The van der Waals surface area contributed by atoms with E-state index in [0.717, 1.165) is 65.3 Å². The van der Waals surface area contributed by atoms with Crippen LogP contribution >= 0.6 is 0 Å². The van der Waals surface area contributed by atoms with Crippen LogP contribution in [0.15, 0.2) is 54.7 Å². The molecule has 0 spiro atoms. The Morgan fingerprint density at radius 3 is 2.79 bits per heavy atom. The highest BCUT2D eigenvalue weighted by Crippen LogP contribution is 2.34. The normalized spacial score (nSPS) is 16.3. The van der Waals surface area contributed by atoms with E-state index >= 15 is 0 Å². The smallest absolute Gasteiger partial charge is 0.407 e. The number of aromatic nitrogens is 4. The van der Waals surface area contributed by atoms with Crippen LogP contribution in [0.4, 0.5) is 4.79 Å². The van der Waals surface area contributed by atoms with Gasteiger partial charge in [0.15, 0.2) is 6.23 Å². The first-order valence-corrected chi connectivity index (χ1v) is 13.2. The lowest BCUT2D eigenvalue weighted by Gasteiger charge is -2.23. The lowest BCUT2D eigenvalue weighted by molar-refractivity contribution is -0.0365. The van der Waals surface area contributed by atoms with Crippen molar-refractivity contribution in [1.29, 1.82) is 0 Å². The number of fused-ring (bicyclic) bond motifs is 1. The van der Waals surface area contributed by atoms with Gasteiger partial charge in [0.05, 0.1) is 11.6 Å². The number of nitrogens with one attached hydrogen (secondary N) is 1. The third-order valence-electron chi connectivity index (χ3n) is 6.83. The quantitative estimate of drug-likeness (QED) is 0.314. The van der Waals surface area contributed by atoms with Gasteiger partial charge in [0.25, 0.3) is 0 Å². The molecule has 0 bridgehead atoms. The van der Waals surface area contributed by atoms with Gasteiger partial charge < -0.3 is 24.1 Å². The molecule has 5 rings (SSSR count). The zero-order chi connectivity index (χ0) is 26.5. The molecule has 9 heteroatoms. The number of rotatable bonds is 9. The number of alkyl carbamates (subject to hydrolysis) is 1. The van der Waals surface area contributed by atoms with Gasteiger partial charge in [-0.25, -0.2) is 14.5 Å². The fraction of sp³-hybridized carbons (Fsp3) is 0.414. The van der Waals surface area contributed by atoms with Crippen molar-refractivity contribution in [3.05, 3.63) is 66.1 Å². The summed E-state index contributed by atoms with van der Waals surface area (Å²) in [4.78, 5) is 16.8. The number of aryl methyl sites for hydroxylation is 2.